The van der Waals surface area contributed by atoms with Crippen LogP contribution in [0.2, 0.25) is 0 Å². The first-order valence-electron chi connectivity index (χ1n) is 6.14. The van der Waals surface area contributed by atoms with E-state index in [-0.39, 0.29) is 11.5 Å². The maximum atomic E-state index is 11.6. The number of halogens is 1. The molecule has 0 bridgehead atoms. The third kappa shape index (κ3) is 3.25. The Labute approximate surface area is 117 Å². The molecule has 104 valence electrons. The van der Waals surface area contributed by atoms with Crippen LogP contribution < -0.4 is 0 Å². The van der Waals surface area contributed by atoms with Gasteiger partial charge < -0.3 is 4.57 Å². The van der Waals surface area contributed by atoms with E-state index in [2.05, 4.69) is 9.97 Å². The van der Waals surface area contributed by atoms with Crippen LogP contribution in [0, 0.1) is 0 Å². The zero-order valence-corrected chi connectivity index (χ0v) is 12.3. The van der Waals surface area contributed by atoms with Gasteiger partial charge in [-0.3, -0.25) is 0 Å². The first kappa shape index (κ1) is 14.3. The topological polar surface area (TPSA) is 64.8 Å². The summed E-state index contributed by atoms with van der Waals surface area (Å²) < 4.78 is 25.1. The summed E-state index contributed by atoms with van der Waals surface area (Å²) >= 11 is 5.76. The van der Waals surface area contributed by atoms with Crippen LogP contribution in [0.15, 0.2) is 18.3 Å². The number of hydrogen-bond donors (Lipinski definition) is 0. The van der Waals surface area contributed by atoms with Crippen molar-refractivity contribution in [3.05, 3.63) is 24.2 Å². The molecule has 0 aliphatic heterocycles. The van der Waals surface area contributed by atoms with E-state index < -0.39 is 9.84 Å². The number of fused-ring (bicyclic) bond motifs is 1. The number of aryl methyl sites for hydroxylation is 2. The van der Waals surface area contributed by atoms with Crippen molar-refractivity contribution in [2.75, 3.05) is 17.4 Å². The third-order valence-electron chi connectivity index (χ3n) is 2.97. The number of hydrogen-bond acceptors (Lipinski definition) is 4. The van der Waals surface area contributed by atoms with Gasteiger partial charge in [0.2, 0.25) is 0 Å². The molecule has 2 rings (SSSR count). The number of aromatic nitrogens is 3. The van der Waals surface area contributed by atoms with Gasteiger partial charge in [0.05, 0.1) is 5.75 Å². The molecular formula is C12H16ClN3O2S. The Kier molecular flexibility index (Phi) is 4.42. The molecule has 0 atom stereocenters. The second kappa shape index (κ2) is 5.88. The van der Waals surface area contributed by atoms with Gasteiger partial charge in [-0.1, -0.05) is 6.92 Å². The molecule has 0 unspecified atom stereocenters. The lowest BCUT2D eigenvalue weighted by molar-refractivity contribution is 0.589. The van der Waals surface area contributed by atoms with E-state index in [1.54, 1.807) is 13.1 Å². The van der Waals surface area contributed by atoms with Crippen LogP contribution >= 0.6 is 11.6 Å². The number of sulfone groups is 1. The largest absolute Gasteiger partial charge is 0.312 e. The van der Waals surface area contributed by atoms with Gasteiger partial charge in [0, 0.05) is 30.8 Å². The summed E-state index contributed by atoms with van der Waals surface area (Å²) in [7, 11) is -3.01. The maximum Gasteiger partial charge on any atom is 0.160 e. The first-order valence-corrected chi connectivity index (χ1v) is 8.49. The highest BCUT2D eigenvalue weighted by Gasteiger charge is 2.14. The SMILES string of the molecule is CCS(=O)(=O)CCn1c(CCCl)nc2cccnc21. The number of alkyl halides is 1. The molecule has 2 aromatic rings. The first-order chi connectivity index (χ1) is 9.07. The number of rotatable bonds is 6. The molecule has 0 radical (unpaired) electrons. The lowest BCUT2D eigenvalue weighted by atomic mass is 10.4. The van der Waals surface area contributed by atoms with Crippen molar-refractivity contribution in [2.45, 2.75) is 19.9 Å². The zero-order valence-electron chi connectivity index (χ0n) is 10.7. The van der Waals surface area contributed by atoms with Gasteiger partial charge in [-0.25, -0.2) is 18.4 Å². The van der Waals surface area contributed by atoms with Crippen LogP contribution in [0.25, 0.3) is 11.2 Å². The van der Waals surface area contributed by atoms with Crippen molar-refractivity contribution in [3.8, 4) is 0 Å². The van der Waals surface area contributed by atoms with Crippen LogP contribution in [0.3, 0.4) is 0 Å². The standard InChI is InChI=1S/C12H16ClN3O2S/c1-2-19(17,18)9-8-16-11(5-6-13)15-10-4-3-7-14-12(10)16/h3-4,7H,2,5-6,8-9H2,1H3. The molecule has 0 saturated heterocycles. The smallest absolute Gasteiger partial charge is 0.160 e. The Hall–Kier alpha value is -1.14. The minimum atomic E-state index is -3.01. The summed E-state index contributed by atoms with van der Waals surface area (Å²) in [6.45, 7) is 2.02. The van der Waals surface area contributed by atoms with Gasteiger partial charge in [-0.05, 0) is 12.1 Å². The normalized spacial score (nSPS) is 12.1. The van der Waals surface area contributed by atoms with Crippen LogP contribution in [0.1, 0.15) is 12.7 Å². The average molecular weight is 302 g/mol. The van der Waals surface area contributed by atoms with Crippen LogP contribution in [-0.2, 0) is 22.8 Å². The van der Waals surface area contributed by atoms with Crippen molar-refractivity contribution < 1.29 is 8.42 Å². The second-order valence-electron chi connectivity index (χ2n) is 4.20. The Morgan fingerprint density at radius 2 is 2.21 bits per heavy atom. The van der Waals surface area contributed by atoms with E-state index >= 15 is 0 Å². The van der Waals surface area contributed by atoms with Gasteiger partial charge >= 0.3 is 0 Å². The van der Waals surface area contributed by atoms with Crippen molar-refractivity contribution >= 4 is 32.6 Å². The molecule has 0 aromatic carbocycles. The quantitative estimate of drug-likeness (QED) is 0.761. The summed E-state index contributed by atoms with van der Waals surface area (Å²) in [5, 5.41) is 0. The van der Waals surface area contributed by atoms with Crippen molar-refractivity contribution in [1.82, 2.24) is 14.5 Å². The average Bonchev–Trinajstić information content (AvgIpc) is 2.74. The summed E-state index contributed by atoms with van der Waals surface area (Å²) in [5.74, 6) is 1.48. The van der Waals surface area contributed by atoms with Gasteiger partial charge in [-0.15, -0.1) is 11.6 Å². The highest BCUT2D eigenvalue weighted by atomic mass is 35.5. The molecule has 19 heavy (non-hydrogen) atoms. The fourth-order valence-electron chi connectivity index (χ4n) is 1.89. The van der Waals surface area contributed by atoms with Gasteiger partial charge in [-0.2, -0.15) is 0 Å². The van der Waals surface area contributed by atoms with Crippen molar-refractivity contribution in [1.29, 1.82) is 0 Å². The molecule has 0 spiro atoms. The van der Waals surface area contributed by atoms with E-state index in [9.17, 15) is 8.42 Å². The molecule has 0 N–H and O–H groups in total. The minimum Gasteiger partial charge on any atom is -0.312 e. The Balaban J connectivity index is 2.36. The zero-order chi connectivity index (χ0) is 13.9. The maximum absolute atomic E-state index is 11.6. The Bertz CT molecular complexity index is 667. The van der Waals surface area contributed by atoms with Crippen molar-refractivity contribution in [2.24, 2.45) is 0 Å². The van der Waals surface area contributed by atoms with E-state index in [1.165, 1.54) is 0 Å². The Morgan fingerprint density at radius 1 is 1.42 bits per heavy atom. The molecule has 0 saturated carbocycles. The molecule has 0 amide bonds. The van der Waals surface area contributed by atoms with Crippen LogP contribution in [0.4, 0.5) is 0 Å². The fourth-order valence-corrected chi connectivity index (χ4v) is 2.81. The number of nitrogens with zero attached hydrogens (tertiary/aromatic N) is 3. The van der Waals surface area contributed by atoms with Crippen LogP contribution in [0.5, 0.6) is 0 Å². The summed E-state index contributed by atoms with van der Waals surface area (Å²) in [4.78, 5) is 8.72. The molecule has 7 heteroatoms. The number of pyridine rings is 1. The molecule has 0 aliphatic carbocycles. The Morgan fingerprint density at radius 3 is 2.89 bits per heavy atom. The monoisotopic (exact) mass is 301 g/mol. The molecule has 2 heterocycles. The predicted molar refractivity (Wildman–Crippen MR) is 76.3 cm³/mol. The van der Waals surface area contributed by atoms with Crippen LogP contribution in [-0.4, -0.2) is 40.3 Å². The lowest BCUT2D eigenvalue weighted by Gasteiger charge is -2.07. The second-order valence-corrected chi connectivity index (χ2v) is 7.05. The van der Waals surface area contributed by atoms with E-state index in [1.807, 2.05) is 16.7 Å². The predicted octanol–water partition coefficient (Wildman–Crippen LogP) is 1.65. The van der Waals surface area contributed by atoms with E-state index in [4.69, 9.17) is 11.6 Å². The molecule has 5 nitrogen and oxygen atoms in total. The van der Waals surface area contributed by atoms with Crippen molar-refractivity contribution in [3.63, 3.8) is 0 Å². The molecule has 2 aromatic heterocycles. The fraction of sp³-hybridized carbons (Fsp3) is 0.500. The molecule has 0 fully saturated rings. The summed E-state index contributed by atoms with van der Waals surface area (Å²) in [6.07, 6.45) is 2.28. The van der Waals surface area contributed by atoms with Gasteiger partial charge in [0.25, 0.3) is 0 Å². The highest BCUT2D eigenvalue weighted by molar-refractivity contribution is 7.91. The number of imidazole rings is 1. The minimum absolute atomic E-state index is 0.0980. The van der Waals surface area contributed by atoms with Gasteiger partial charge in [0.15, 0.2) is 15.5 Å². The van der Waals surface area contributed by atoms with Gasteiger partial charge in [0.1, 0.15) is 11.3 Å². The van der Waals surface area contributed by atoms with E-state index in [0.717, 1.165) is 11.3 Å². The lowest BCUT2D eigenvalue weighted by Crippen LogP contribution is -2.16. The summed E-state index contributed by atoms with van der Waals surface area (Å²) in [6, 6.07) is 3.68. The molecular weight excluding hydrogens is 286 g/mol. The third-order valence-corrected chi connectivity index (χ3v) is 4.84. The molecule has 0 aliphatic rings. The summed E-state index contributed by atoms with van der Waals surface area (Å²) in [5.41, 5.74) is 1.49. The highest BCUT2D eigenvalue weighted by Crippen LogP contribution is 2.14. The van der Waals surface area contributed by atoms with E-state index in [0.29, 0.717) is 24.5 Å².